The predicted molar refractivity (Wildman–Crippen MR) is 105 cm³/mol. The number of rotatable bonds is 6. The fraction of sp³-hybridized carbons (Fsp3) is 0.600. The second-order valence-corrected chi connectivity index (χ2v) is 6.84. The Morgan fingerprint density at radius 1 is 1.28 bits per heavy atom. The van der Waals surface area contributed by atoms with Gasteiger partial charge >= 0.3 is 0 Å². The van der Waals surface area contributed by atoms with Gasteiger partial charge in [-0.1, -0.05) is 26.0 Å². The number of hydrogen-bond acceptors (Lipinski definition) is 2. The second kappa shape index (κ2) is 10.1. The van der Waals surface area contributed by atoms with Crippen LogP contribution in [0.1, 0.15) is 52.0 Å². The average molecular weight is 345 g/mol. The molecule has 0 unspecified atom stereocenters. The Balaban J connectivity index is 2.00. The summed E-state index contributed by atoms with van der Waals surface area (Å²) >= 11 is 0. The summed E-state index contributed by atoms with van der Waals surface area (Å²) in [6.07, 6.45) is 3.86. The molecule has 1 aromatic carbocycles. The van der Waals surface area contributed by atoms with Gasteiger partial charge in [-0.3, -0.25) is 4.79 Å². The Labute approximate surface area is 151 Å². The number of likely N-dealkylation sites (tertiary alicyclic amines) is 1. The van der Waals surface area contributed by atoms with Crippen LogP contribution >= 0.6 is 0 Å². The van der Waals surface area contributed by atoms with Crippen LogP contribution in [-0.4, -0.2) is 36.4 Å². The molecule has 0 saturated carbocycles. The lowest BCUT2D eigenvalue weighted by Gasteiger charge is -2.33. The number of benzene rings is 1. The van der Waals surface area contributed by atoms with Crippen molar-refractivity contribution in [1.29, 1.82) is 0 Å². The third-order valence-corrected chi connectivity index (χ3v) is 4.52. The summed E-state index contributed by atoms with van der Waals surface area (Å²) in [5.41, 5.74) is 1.96. The average Bonchev–Trinajstić information content (AvgIpc) is 2.60. The zero-order chi connectivity index (χ0) is 18.1. The highest BCUT2D eigenvalue weighted by Gasteiger charge is 2.18. The van der Waals surface area contributed by atoms with Gasteiger partial charge in [0.1, 0.15) is 0 Å². The van der Waals surface area contributed by atoms with Crippen molar-refractivity contribution in [2.24, 2.45) is 10.9 Å². The number of carbonyl (C=O) groups excluding carboxylic acids is 1. The van der Waals surface area contributed by atoms with E-state index in [4.69, 9.17) is 4.99 Å². The molecule has 0 atom stereocenters. The van der Waals surface area contributed by atoms with Gasteiger partial charge in [-0.15, -0.1) is 0 Å². The number of nitrogens with zero attached hydrogens (tertiary/aromatic N) is 2. The molecule has 138 valence electrons. The molecule has 0 bridgehead atoms. The molecule has 1 aliphatic heterocycles. The highest BCUT2D eigenvalue weighted by atomic mass is 16.1. The van der Waals surface area contributed by atoms with Crippen molar-refractivity contribution >= 4 is 17.6 Å². The molecule has 25 heavy (non-hydrogen) atoms. The van der Waals surface area contributed by atoms with Crippen LogP contribution in [0.15, 0.2) is 29.3 Å². The maximum atomic E-state index is 11.8. The van der Waals surface area contributed by atoms with Crippen LogP contribution in [0.4, 0.5) is 5.69 Å². The fourth-order valence-electron chi connectivity index (χ4n) is 3.01. The van der Waals surface area contributed by atoms with Gasteiger partial charge in [-0.25, -0.2) is 4.99 Å². The van der Waals surface area contributed by atoms with Gasteiger partial charge in [0.2, 0.25) is 5.91 Å². The zero-order valence-electron chi connectivity index (χ0n) is 15.8. The van der Waals surface area contributed by atoms with E-state index >= 15 is 0 Å². The lowest BCUT2D eigenvalue weighted by atomic mass is 10.00. The third-order valence-electron chi connectivity index (χ3n) is 4.52. The fourth-order valence-corrected chi connectivity index (χ4v) is 3.01. The molecular formula is C20H32N4O. The lowest BCUT2D eigenvalue weighted by Crippen LogP contribution is -2.45. The Kier molecular flexibility index (Phi) is 7.76. The first kappa shape index (κ1) is 19.3. The monoisotopic (exact) mass is 344 g/mol. The molecule has 1 amide bonds. The molecule has 5 nitrogen and oxygen atoms in total. The maximum Gasteiger partial charge on any atom is 0.224 e. The predicted octanol–water partition coefficient (Wildman–Crippen LogP) is 3.62. The van der Waals surface area contributed by atoms with Crippen molar-refractivity contribution in [2.75, 3.05) is 25.0 Å². The first-order valence-corrected chi connectivity index (χ1v) is 9.54. The molecule has 2 rings (SSSR count). The first-order chi connectivity index (χ1) is 12.1. The molecule has 0 spiro atoms. The molecule has 0 aliphatic carbocycles. The number of nitrogens with one attached hydrogen (secondary N) is 2. The van der Waals surface area contributed by atoms with E-state index in [9.17, 15) is 4.79 Å². The second-order valence-electron chi connectivity index (χ2n) is 6.84. The number of guanidine groups is 1. The number of carbonyl (C=O) groups is 1. The van der Waals surface area contributed by atoms with Gasteiger partial charge in [0, 0.05) is 31.7 Å². The van der Waals surface area contributed by atoms with Gasteiger partial charge in [-0.2, -0.15) is 0 Å². The molecular weight excluding hydrogens is 312 g/mol. The molecule has 1 fully saturated rings. The van der Waals surface area contributed by atoms with Crippen molar-refractivity contribution in [3.63, 3.8) is 0 Å². The molecule has 1 heterocycles. The smallest absolute Gasteiger partial charge is 0.224 e. The van der Waals surface area contributed by atoms with Crippen LogP contribution in [0.2, 0.25) is 0 Å². The minimum absolute atomic E-state index is 0.0685. The van der Waals surface area contributed by atoms with Crippen molar-refractivity contribution in [2.45, 2.75) is 53.0 Å². The summed E-state index contributed by atoms with van der Waals surface area (Å²) in [5, 5.41) is 6.36. The first-order valence-electron chi connectivity index (χ1n) is 9.54. The molecule has 2 N–H and O–H groups in total. The Morgan fingerprint density at radius 2 is 2.04 bits per heavy atom. The standard InChI is InChI=1S/C20H32N4O/c1-4-7-19(25)23-18-9-6-8-17(14-18)15-22-20(21-5-2)24-12-10-16(3)11-13-24/h6,8-9,14,16H,4-5,7,10-13,15H2,1-3H3,(H,21,22)(H,23,25). The van der Waals surface area contributed by atoms with Crippen LogP contribution < -0.4 is 10.6 Å². The summed E-state index contributed by atoms with van der Waals surface area (Å²) in [6, 6.07) is 7.97. The minimum Gasteiger partial charge on any atom is -0.357 e. The number of piperidine rings is 1. The van der Waals surface area contributed by atoms with E-state index in [1.807, 2.05) is 25.1 Å². The van der Waals surface area contributed by atoms with Gasteiger partial charge in [-0.05, 0) is 49.8 Å². The van der Waals surface area contributed by atoms with Gasteiger partial charge in [0.15, 0.2) is 5.96 Å². The van der Waals surface area contributed by atoms with E-state index < -0.39 is 0 Å². The van der Waals surface area contributed by atoms with Gasteiger partial charge < -0.3 is 15.5 Å². The number of amides is 1. The quantitative estimate of drug-likeness (QED) is 0.612. The molecule has 5 heteroatoms. The lowest BCUT2D eigenvalue weighted by molar-refractivity contribution is -0.116. The van der Waals surface area contributed by atoms with E-state index in [0.717, 1.165) is 49.2 Å². The summed E-state index contributed by atoms with van der Waals surface area (Å²) in [6.45, 7) is 10.1. The van der Waals surface area contributed by atoms with Crippen LogP contribution in [0.5, 0.6) is 0 Å². The highest BCUT2D eigenvalue weighted by Crippen LogP contribution is 2.17. The summed E-state index contributed by atoms with van der Waals surface area (Å²) in [5.74, 6) is 1.87. The van der Waals surface area contributed by atoms with Crippen LogP contribution in [0.3, 0.4) is 0 Å². The SMILES string of the molecule is CCCC(=O)Nc1cccc(CN=C(NCC)N2CCC(C)CC2)c1. The van der Waals surface area contributed by atoms with Crippen molar-refractivity contribution in [3.05, 3.63) is 29.8 Å². The van der Waals surface area contributed by atoms with Crippen LogP contribution in [0, 0.1) is 5.92 Å². The molecule has 0 aromatic heterocycles. The minimum atomic E-state index is 0.0685. The van der Waals surface area contributed by atoms with Crippen LogP contribution in [0.25, 0.3) is 0 Å². The van der Waals surface area contributed by atoms with Crippen molar-refractivity contribution < 1.29 is 4.79 Å². The van der Waals surface area contributed by atoms with Crippen LogP contribution in [-0.2, 0) is 11.3 Å². The van der Waals surface area contributed by atoms with Crippen molar-refractivity contribution in [1.82, 2.24) is 10.2 Å². The Morgan fingerprint density at radius 3 is 2.72 bits per heavy atom. The Bertz CT molecular complexity index is 577. The number of aliphatic imine (C=N–C) groups is 1. The van der Waals surface area contributed by atoms with Gasteiger partial charge in [0.25, 0.3) is 0 Å². The molecule has 1 aromatic rings. The Hall–Kier alpha value is -2.04. The van der Waals surface area contributed by atoms with E-state index in [0.29, 0.717) is 13.0 Å². The van der Waals surface area contributed by atoms with Crippen molar-refractivity contribution in [3.8, 4) is 0 Å². The molecule has 1 saturated heterocycles. The summed E-state index contributed by atoms with van der Waals surface area (Å²) in [7, 11) is 0. The van der Waals surface area contributed by atoms with E-state index in [1.165, 1.54) is 12.8 Å². The zero-order valence-corrected chi connectivity index (χ0v) is 15.8. The van der Waals surface area contributed by atoms with E-state index in [2.05, 4.69) is 35.4 Å². The number of hydrogen-bond donors (Lipinski definition) is 2. The summed E-state index contributed by atoms with van der Waals surface area (Å²) < 4.78 is 0. The topological polar surface area (TPSA) is 56.7 Å². The summed E-state index contributed by atoms with van der Waals surface area (Å²) in [4.78, 5) is 18.9. The molecule has 1 aliphatic rings. The number of anilines is 1. The van der Waals surface area contributed by atoms with E-state index in [1.54, 1.807) is 0 Å². The molecule has 0 radical (unpaired) electrons. The third kappa shape index (κ3) is 6.40. The highest BCUT2D eigenvalue weighted by molar-refractivity contribution is 5.90. The van der Waals surface area contributed by atoms with E-state index in [-0.39, 0.29) is 5.91 Å². The van der Waals surface area contributed by atoms with Gasteiger partial charge in [0.05, 0.1) is 6.54 Å². The largest absolute Gasteiger partial charge is 0.357 e. The maximum absolute atomic E-state index is 11.8. The normalized spacial score (nSPS) is 16.0.